The summed E-state index contributed by atoms with van der Waals surface area (Å²) in [7, 11) is 0. The van der Waals surface area contributed by atoms with E-state index in [-0.39, 0.29) is 30.0 Å². The number of nitrogens with one attached hydrogen (secondary N) is 2. The largest absolute Gasteiger partial charge is 0.484 e. The molecular weight excluding hydrogens is 461 g/mol. The molecular formula is C24H20FN3O3S2. The van der Waals surface area contributed by atoms with E-state index in [0.29, 0.717) is 11.4 Å². The molecule has 6 nitrogen and oxygen atoms in total. The Morgan fingerprint density at radius 3 is 2.61 bits per heavy atom. The van der Waals surface area contributed by atoms with E-state index < -0.39 is 0 Å². The number of aromatic nitrogens is 1. The lowest BCUT2D eigenvalue weighted by Crippen LogP contribution is -2.20. The second kappa shape index (κ2) is 10.5. The third-order valence-corrected chi connectivity index (χ3v) is 6.74. The van der Waals surface area contributed by atoms with Crippen LogP contribution in [0.4, 0.5) is 15.8 Å². The molecule has 0 saturated heterocycles. The van der Waals surface area contributed by atoms with Crippen molar-refractivity contribution in [3.63, 3.8) is 0 Å². The molecule has 4 aromatic rings. The van der Waals surface area contributed by atoms with Gasteiger partial charge in [0.15, 0.2) is 10.9 Å². The summed E-state index contributed by atoms with van der Waals surface area (Å²) in [5.41, 5.74) is 3.22. The van der Waals surface area contributed by atoms with Crippen LogP contribution < -0.4 is 15.4 Å². The van der Waals surface area contributed by atoms with E-state index in [0.717, 1.165) is 25.8 Å². The van der Waals surface area contributed by atoms with Gasteiger partial charge in [0.25, 0.3) is 5.91 Å². The van der Waals surface area contributed by atoms with E-state index in [4.69, 9.17) is 4.74 Å². The van der Waals surface area contributed by atoms with Gasteiger partial charge in [-0.2, -0.15) is 0 Å². The highest BCUT2D eigenvalue weighted by molar-refractivity contribution is 8.01. The number of halogens is 1. The van der Waals surface area contributed by atoms with Crippen LogP contribution in [0.3, 0.4) is 0 Å². The van der Waals surface area contributed by atoms with Gasteiger partial charge >= 0.3 is 0 Å². The fourth-order valence-electron chi connectivity index (χ4n) is 2.95. The summed E-state index contributed by atoms with van der Waals surface area (Å²) in [5.74, 6) is -0.126. The monoisotopic (exact) mass is 481 g/mol. The number of anilines is 2. The van der Waals surface area contributed by atoms with Gasteiger partial charge in [-0.15, -0.1) is 11.3 Å². The van der Waals surface area contributed by atoms with E-state index in [1.54, 1.807) is 6.07 Å². The molecule has 0 unspecified atom stereocenters. The normalized spacial score (nSPS) is 10.7. The Balaban J connectivity index is 1.31. The van der Waals surface area contributed by atoms with E-state index >= 15 is 0 Å². The van der Waals surface area contributed by atoms with Crippen molar-refractivity contribution in [1.29, 1.82) is 0 Å². The molecule has 0 radical (unpaired) electrons. The van der Waals surface area contributed by atoms with Gasteiger partial charge in [0.2, 0.25) is 5.91 Å². The Kier molecular flexibility index (Phi) is 7.21. The van der Waals surface area contributed by atoms with Crippen molar-refractivity contribution >= 4 is 56.5 Å². The quantitative estimate of drug-likeness (QED) is 0.325. The summed E-state index contributed by atoms with van der Waals surface area (Å²) in [6, 6.07) is 18.5. The van der Waals surface area contributed by atoms with Crippen LogP contribution >= 0.6 is 23.1 Å². The van der Waals surface area contributed by atoms with Crippen LogP contribution in [0, 0.1) is 12.7 Å². The van der Waals surface area contributed by atoms with Gasteiger partial charge in [0.1, 0.15) is 11.6 Å². The van der Waals surface area contributed by atoms with E-state index in [1.165, 1.54) is 47.4 Å². The Labute approximate surface area is 198 Å². The molecule has 0 aliphatic rings. The molecule has 0 atom stereocenters. The highest BCUT2D eigenvalue weighted by atomic mass is 32.2. The summed E-state index contributed by atoms with van der Waals surface area (Å²) >= 11 is 2.82. The minimum atomic E-state index is -0.367. The second-order valence-electron chi connectivity index (χ2n) is 7.10. The predicted molar refractivity (Wildman–Crippen MR) is 131 cm³/mol. The number of thioether (sulfide) groups is 1. The molecule has 168 valence electrons. The maximum Gasteiger partial charge on any atom is 0.262 e. The van der Waals surface area contributed by atoms with Gasteiger partial charge in [-0.3, -0.25) is 9.59 Å². The molecule has 1 aromatic heterocycles. The molecule has 0 bridgehead atoms. The summed E-state index contributed by atoms with van der Waals surface area (Å²) in [6.07, 6.45) is 0. The second-order valence-corrected chi connectivity index (χ2v) is 9.36. The minimum Gasteiger partial charge on any atom is -0.484 e. The Bertz CT molecular complexity index is 1290. The first kappa shape index (κ1) is 22.8. The molecule has 2 amide bonds. The number of rotatable bonds is 8. The van der Waals surface area contributed by atoms with Crippen molar-refractivity contribution < 1.29 is 18.7 Å². The zero-order chi connectivity index (χ0) is 23.2. The fourth-order valence-corrected chi connectivity index (χ4v) is 4.85. The number of carbonyl (C=O) groups excluding carboxylic acids is 2. The third kappa shape index (κ3) is 6.30. The van der Waals surface area contributed by atoms with E-state index in [1.807, 2.05) is 43.3 Å². The van der Waals surface area contributed by atoms with Crippen molar-refractivity contribution in [2.75, 3.05) is 23.0 Å². The molecule has 0 aliphatic carbocycles. The molecule has 3 aromatic carbocycles. The van der Waals surface area contributed by atoms with Gasteiger partial charge in [-0.1, -0.05) is 30.0 Å². The number of amides is 2. The SMILES string of the molecule is Cc1ccccc1NC(=O)CSc1nc2ccc(NC(=O)COc3ccc(F)cc3)cc2s1. The van der Waals surface area contributed by atoms with Crippen molar-refractivity contribution in [2.45, 2.75) is 11.3 Å². The van der Waals surface area contributed by atoms with E-state index in [2.05, 4.69) is 15.6 Å². The molecule has 0 spiro atoms. The number of aryl methyl sites for hydroxylation is 1. The molecule has 4 rings (SSSR count). The number of thiazole rings is 1. The van der Waals surface area contributed by atoms with Gasteiger partial charge < -0.3 is 15.4 Å². The van der Waals surface area contributed by atoms with Gasteiger partial charge in [-0.25, -0.2) is 9.37 Å². The van der Waals surface area contributed by atoms with Crippen LogP contribution in [-0.2, 0) is 9.59 Å². The summed E-state index contributed by atoms with van der Waals surface area (Å²) in [6.45, 7) is 1.76. The maximum absolute atomic E-state index is 12.9. The first-order valence-electron chi connectivity index (χ1n) is 10.0. The van der Waals surface area contributed by atoms with Crippen molar-refractivity contribution in [3.8, 4) is 5.75 Å². The van der Waals surface area contributed by atoms with Crippen LogP contribution in [0.2, 0.25) is 0 Å². The number of para-hydroxylation sites is 1. The molecule has 9 heteroatoms. The number of carbonyl (C=O) groups is 2. The van der Waals surface area contributed by atoms with E-state index in [9.17, 15) is 14.0 Å². The Morgan fingerprint density at radius 2 is 1.82 bits per heavy atom. The molecule has 0 fully saturated rings. The Hall–Kier alpha value is -3.43. The Morgan fingerprint density at radius 1 is 1.03 bits per heavy atom. The zero-order valence-electron chi connectivity index (χ0n) is 17.6. The number of fused-ring (bicyclic) bond motifs is 1. The first-order chi connectivity index (χ1) is 16.0. The average molecular weight is 482 g/mol. The summed E-state index contributed by atoms with van der Waals surface area (Å²) in [5, 5.41) is 5.69. The van der Waals surface area contributed by atoms with Crippen LogP contribution in [0.5, 0.6) is 5.75 Å². The van der Waals surface area contributed by atoms with Gasteiger partial charge in [-0.05, 0) is 61.0 Å². The average Bonchev–Trinajstić information content (AvgIpc) is 3.21. The molecule has 2 N–H and O–H groups in total. The highest BCUT2D eigenvalue weighted by Gasteiger charge is 2.11. The number of hydrogen-bond acceptors (Lipinski definition) is 6. The summed E-state index contributed by atoms with van der Waals surface area (Å²) in [4.78, 5) is 29.0. The lowest BCUT2D eigenvalue weighted by atomic mass is 10.2. The molecule has 1 heterocycles. The smallest absolute Gasteiger partial charge is 0.262 e. The molecule has 0 aliphatic heterocycles. The zero-order valence-corrected chi connectivity index (χ0v) is 19.3. The summed E-state index contributed by atoms with van der Waals surface area (Å²) < 4.78 is 20.0. The first-order valence-corrected chi connectivity index (χ1v) is 11.8. The lowest BCUT2D eigenvalue weighted by molar-refractivity contribution is -0.118. The van der Waals surface area contributed by atoms with Crippen molar-refractivity contribution in [1.82, 2.24) is 4.98 Å². The van der Waals surface area contributed by atoms with Crippen molar-refractivity contribution in [3.05, 3.63) is 78.1 Å². The maximum atomic E-state index is 12.9. The number of hydrogen-bond donors (Lipinski definition) is 2. The van der Waals surface area contributed by atoms with Gasteiger partial charge in [0, 0.05) is 11.4 Å². The topological polar surface area (TPSA) is 80.3 Å². The fraction of sp³-hybridized carbons (Fsp3) is 0.125. The number of benzene rings is 3. The van der Waals surface area contributed by atoms with Crippen LogP contribution in [0.15, 0.2) is 71.1 Å². The molecule has 33 heavy (non-hydrogen) atoms. The van der Waals surface area contributed by atoms with Crippen molar-refractivity contribution in [2.24, 2.45) is 0 Å². The lowest BCUT2D eigenvalue weighted by Gasteiger charge is -2.07. The number of ether oxygens (including phenoxy) is 1. The molecule has 0 saturated carbocycles. The van der Waals surface area contributed by atoms with Crippen LogP contribution in [-0.4, -0.2) is 29.2 Å². The third-order valence-electron chi connectivity index (χ3n) is 4.58. The minimum absolute atomic E-state index is 0.0948. The standard InChI is InChI=1S/C24H20FN3O3S2/c1-15-4-2-3-5-19(15)27-23(30)14-32-24-28-20-11-8-17(12-21(20)33-24)26-22(29)13-31-18-9-6-16(25)7-10-18/h2-12H,13-14H2,1H3,(H,26,29)(H,27,30). The highest BCUT2D eigenvalue weighted by Crippen LogP contribution is 2.31. The van der Waals surface area contributed by atoms with Crippen LogP contribution in [0.25, 0.3) is 10.2 Å². The number of nitrogens with zero attached hydrogens (tertiary/aromatic N) is 1. The van der Waals surface area contributed by atoms with Crippen LogP contribution in [0.1, 0.15) is 5.56 Å². The van der Waals surface area contributed by atoms with Gasteiger partial charge in [0.05, 0.1) is 16.0 Å². The predicted octanol–water partition coefficient (Wildman–Crippen LogP) is 5.49.